The van der Waals surface area contributed by atoms with E-state index < -0.39 is 22.1 Å². The molecule has 1 unspecified atom stereocenters. The van der Waals surface area contributed by atoms with E-state index in [1.165, 1.54) is 16.2 Å². The molecule has 1 aromatic heterocycles. The average molecular weight is 450 g/mol. The summed E-state index contributed by atoms with van der Waals surface area (Å²) < 4.78 is 33.1. The van der Waals surface area contributed by atoms with Gasteiger partial charge in [0.25, 0.3) is 0 Å². The van der Waals surface area contributed by atoms with Crippen molar-refractivity contribution in [3.63, 3.8) is 0 Å². The number of rotatable bonds is 7. The predicted octanol–water partition coefficient (Wildman–Crippen LogP) is 0.712. The zero-order valence-electron chi connectivity index (χ0n) is 15.6. The smallest absolute Gasteiger partial charge is 0.245 e. The molecule has 2 aliphatic heterocycles. The maximum Gasteiger partial charge on any atom is 0.245 e. The van der Waals surface area contributed by atoms with E-state index in [9.17, 15) is 18.0 Å². The van der Waals surface area contributed by atoms with Gasteiger partial charge in [0.05, 0.1) is 23.3 Å². The number of sulfonamides is 1. The number of carbonyl (C=O) groups excluding carboxylic acids is 2. The van der Waals surface area contributed by atoms with Gasteiger partial charge in [-0.15, -0.1) is 11.3 Å². The van der Waals surface area contributed by atoms with Crippen LogP contribution in [-0.4, -0.2) is 80.7 Å². The van der Waals surface area contributed by atoms with Crippen molar-refractivity contribution in [1.82, 2.24) is 14.5 Å². The average Bonchev–Trinajstić information content (AvgIpc) is 3.25. The summed E-state index contributed by atoms with van der Waals surface area (Å²) in [6.45, 7) is 4.04. The highest BCUT2D eigenvalue weighted by Gasteiger charge is 2.39. The van der Waals surface area contributed by atoms with Crippen LogP contribution in [0.1, 0.15) is 18.2 Å². The predicted molar refractivity (Wildman–Crippen MR) is 107 cm³/mol. The molecule has 3 heterocycles. The normalized spacial score (nSPS) is 21.9. The molecule has 11 heteroatoms. The molecule has 2 saturated heterocycles. The molecule has 1 N–H and O–H groups in total. The van der Waals surface area contributed by atoms with Crippen molar-refractivity contribution in [3.05, 3.63) is 21.3 Å². The van der Waals surface area contributed by atoms with Crippen LogP contribution in [0.15, 0.2) is 12.1 Å². The first-order chi connectivity index (χ1) is 13.3. The van der Waals surface area contributed by atoms with Crippen molar-refractivity contribution in [3.8, 4) is 0 Å². The third-order valence-corrected chi connectivity index (χ3v) is 7.63. The number of hydrogen-bond acceptors (Lipinski definition) is 6. The second-order valence-electron chi connectivity index (χ2n) is 6.88. The number of hydrogen-bond donors (Lipinski definition) is 1. The van der Waals surface area contributed by atoms with Gasteiger partial charge in [-0.1, -0.05) is 11.6 Å². The molecule has 0 spiro atoms. The first kappa shape index (κ1) is 21.5. The van der Waals surface area contributed by atoms with Crippen LogP contribution in [-0.2, 0) is 30.8 Å². The van der Waals surface area contributed by atoms with Crippen molar-refractivity contribution >= 4 is 44.8 Å². The van der Waals surface area contributed by atoms with Crippen LogP contribution >= 0.6 is 22.9 Å². The summed E-state index contributed by atoms with van der Waals surface area (Å²) >= 11 is 7.20. The minimum absolute atomic E-state index is 0.115. The Kier molecular flexibility index (Phi) is 6.98. The van der Waals surface area contributed by atoms with Gasteiger partial charge in [0.2, 0.25) is 21.8 Å². The number of morpholine rings is 1. The lowest BCUT2D eigenvalue weighted by Crippen LogP contribution is -2.52. The molecule has 0 aliphatic carbocycles. The highest BCUT2D eigenvalue weighted by atomic mass is 35.5. The maximum absolute atomic E-state index is 12.7. The fraction of sp³-hybridized carbons (Fsp3) is 0.647. The molecule has 3 rings (SSSR count). The summed E-state index contributed by atoms with van der Waals surface area (Å²) in [4.78, 5) is 29.3. The van der Waals surface area contributed by atoms with Gasteiger partial charge in [-0.3, -0.25) is 9.59 Å². The molecule has 8 nitrogen and oxygen atoms in total. The maximum atomic E-state index is 12.7. The zero-order valence-corrected chi connectivity index (χ0v) is 18.0. The van der Waals surface area contributed by atoms with E-state index >= 15 is 0 Å². The fourth-order valence-electron chi connectivity index (χ4n) is 3.37. The lowest BCUT2D eigenvalue weighted by Gasteiger charge is -2.32. The molecular weight excluding hydrogens is 426 g/mol. The Bertz CT molecular complexity index is 823. The van der Waals surface area contributed by atoms with E-state index in [2.05, 4.69) is 4.72 Å². The number of nitrogens with zero attached hydrogens (tertiary/aromatic N) is 2. The number of carbonyl (C=O) groups is 2. The number of likely N-dealkylation sites (tertiary alicyclic amines) is 1. The molecule has 2 aliphatic rings. The number of thiophene rings is 1. The van der Waals surface area contributed by atoms with Crippen molar-refractivity contribution in [2.75, 3.05) is 38.6 Å². The summed E-state index contributed by atoms with van der Waals surface area (Å²) in [6.07, 6.45) is 0.687. The summed E-state index contributed by atoms with van der Waals surface area (Å²) in [7, 11) is -3.62. The van der Waals surface area contributed by atoms with Crippen LogP contribution in [0.25, 0.3) is 0 Å². The summed E-state index contributed by atoms with van der Waals surface area (Å²) in [5.74, 6) is -0.595. The van der Waals surface area contributed by atoms with Crippen LogP contribution in [0.4, 0.5) is 0 Å². The fourth-order valence-corrected chi connectivity index (χ4v) is 5.85. The molecule has 2 atom stereocenters. The van der Waals surface area contributed by atoms with Gasteiger partial charge in [0.15, 0.2) is 0 Å². The lowest BCUT2D eigenvalue weighted by molar-refractivity contribution is -0.146. The van der Waals surface area contributed by atoms with Crippen LogP contribution < -0.4 is 4.72 Å². The topological polar surface area (TPSA) is 96.0 Å². The van der Waals surface area contributed by atoms with E-state index in [4.69, 9.17) is 16.3 Å². The van der Waals surface area contributed by atoms with Crippen LogP contribution in [0.2, 0.25) is 4.34 Å². The monoisotopic (exact) mass is 449 g/mol. The Morgan fingerprint density at radius 1 is 1.36 bits per heavy atom. The largest absolute Gasteiger partial charge is 0.378 e. The van der Waals surface area contributed by atoms with E-state index in [0.717, 1.165) is 4.88 Å². The quantitative estimate of drug-likeness (QED) is 0.661. The zero-order chi connectivity index (χ0) is 20.3. The summed E-state index contributed by atoms with van der Waals surface area (Å²) in [5.41, 5.74) is 0. The molecule has 0 saturated carbocycles. The van der Waals surface area contributed by atoms with Crippen LogP contribution in [0.5, 0.6) is 0 Å². The second-order valence-corrected chi connectivity index (χ2v) is 10.6. The van der Waals surface area contributed by atoms with Crippen molar-refractivity contribution in [1.29, 1.82) is 0 Å². The van der Waals surface area contributed by atoms with Gasteiger partial charge in [-0.25, -0.2) is 13.1 Å². The number of ether oxygens (including phenoxy) is 1. The first-order valence-electron chi connectivity index (χ1n) is 9.18. The highest BCUT2D eigenvalue weighted by molar-refractivity contribution is 7.89. The molecule has 2 amide bonds. The molecule has 28 heavy (non-hydrogen) atoms. The third-order valence-electron chi connectivity index (χ3n) is 4.96. The Labute approximate surface area is 173 Å². The highest BCUT2D eigenvalue weighted by Crippen LogP contribution is 2.22. The summed E-state index contributed by atoms with van der Waals surface area (Å²) in [6, 6.07) is 2.08. The summed E-state index contributed by atoms with van der Waals surface area (Å²) in [5, 5.41) is 0. The molecule has 1 aromatic rings. The Hall–Kier alpha value is -1.20. The van der Waals surface area contributed by atoms with Gasteiger partial charge in [0, 0.05) is 24.5 Å². The number of nitrogens with one attached hydrogen (secondary N) is 1. The number of amides is 2. The minimum Gasteiger partial charge on any atom is -0.378 e. The Balaban J connectivity index is 1.54. The van der Waals surface area contributed by atoms with E-state index in [1.54, 1.807) is 24.0 Å². The van der Waals surface area contributed by atoms with Crippen molar-refractivity contribution in [2.45, 2.75) is 31.8 Å². The van der Waals surface area contributed by atoms with Gasteiger partial charge in [-0.05, 0) is 31.9 Å². The van der Waals surface area contributed by atoms with Crippen molar-refractivity contribution < 1.29 is 22.7 Å². The van der Waals surface area contributed by atoms with Gasteiger partial charge >= 0.3 is 0 Å². The van der Waals surface area contributed by atoms with E-state index in [0.29, 0.717) is 50.0 Å². The van der Waals surface area contributed by atoms with Crippen LogP contribution in [0, 0.1) is 0 Å². The van der Waals surface area contributed by atoms with E-state index in [-0.39, 0.29) is 17.6 Å². The molecule has 156 valence electrons. The third kappa shape index (κ3) is 5.24. The Morgan fingerprint density at radius 2 is 2.07 bits per heavy atom. The molecule has 2 fully saturated rings. The van der Waals surface area contributed by atoms with Gasteiger partial charge < -0.3 is 14.5 Å². The van der Waals surface area contributed by atoms with Gasteiger partial charge in [0.1, 0.15) is 12.1 Å². The molecule has 0 aromatic carbocycles. The lowest BCUT2D eigenvalue weighted by atomic mass is 10.2. The molecular formula is C17H24ClN3O5S2. The second kappa shape index (κ2) is 9.08. The van der Waals surface area contributed by atoms with Crippen molar-refractivity contribution in [2.24, 2.45) is 0 Å². The molecule has 0 radical (unpaired) electrons. The SMILES string of the molecule is C[C@@H](C(=O)N1CCOCC1)N1CCC(NS(=O)(=O)CCc2ccc(Cl)s2)C1=O. The number of halogens is 1. The molecule has 0 bridgehead atoms. The standard InChI is InChI=1S/C17H24ClN3O5S2/c1-12(16(22)20-7-9-26-10-8-20)21-6-4-14(17(21)23)19-28(24,25)11-5-13-2-3-15(18)27-13/h2-3,12,14,19H,4-11H2,1H3/t12-,14?/m0/s1. The van der Waals surface area contributed by atoms with Gasteiger partial charge in [-0.2, -0.15) is 0 Å². The Morgan fingerprint density at radius 3 is 2.71 bits per heavy atom. The van der Waals surface area contributed by atoms with Crippen LogP contribution in [0.3, 0.4) is 0 Å². The first-order valence-corrected chi connectivity index (χ1v) is 12.0. The number of aryl methyl sites for hydroxylation is 1. The van der Waals surface area contributed by atoms with E-state index in [1.807, 2.05) is 0 Å². The minimum atomic E-state index is -3.62.